The fourth-order valence-electron chi connectivity index (χ4n) is 2.09. The lowest BCUT2D eigenvalue weighted by molar-refractivity contribution is -0.268. The molecule has 0 bridgehead atoms. The first-order valence-corrected chi connectivity index (χ1v) is 7.65. The molecule has 0 spiro atoms. The van der Waals surface area contributed by atoms with Gasteiger partial charge in [0.15, 0.2) is 4.32 Å². The summed E-state index contributed by atoms with van der Waals surface area (Å²) in [6, 6.07) is 7.29. The lowest BCUT2D eigenvalue weighted by atomic mass is 10.1. The maximum Gasteiger partial charge on any atom is 0.335 e. The van der Waals surface area contributed by atoms with Crippen molar-refractivity contribution in [1.29, 1.82) is 0 Å². The van der Waals surface area contributed by atoms with Crippen LogP contribution in [0.5, 0.6) is 5.75 Å². The fourth-order valence-corrected chi connectivity index (χ4v) is 3.38. The maximum absolute atomic E-state index is 12.5. The van der Waals surface area contributed by atoms with Crippen molar-refractivity contribution in [2.75, 3.05) is 4.90 Å². The van der Waals surface area contributed by atoms with Crippen LogP contribution in [0.3, 0.4) is 0 Å². The van der Waals surface area contributed by atoms with Crippen LogP contribution in [0.15, 0.2) is 41.4 Å². The molecule has 3 rings (SSSR count). The summed E-state index contributed by atoms with van der Waals surface area (Å²) in [6.45, 7) is 0. The van der Waals surface area contributed by atoms with Crippen molar-refractivity contribution in [3.05, 3.63) is 52.7 Å². The Balaban J connectivity index is 1.95. The molecule has 2 heterocycles. The Bertz CT molecular complexity index is 843. The topological polar surface area (TPSA) is 96.5 Å². The zero-order chi connectivity index (χ0) is 16.6. The number of amides is 1. The zero-order valence-electron chi connectivity index (χ0n) is 11.5. The largest absolute Gasteiger partial charge is 0.872 e. The molecule has 8 heteroatoms. The maximum atomic E-state index is 12.5. The number of thiocarbonyl (C=S) groups is 1. The molecule has 23 heavy (non-hydrogen) atoms. The van der Waals surface area contributed by atoms with Crippen molar-refractivity contribution in [2.45, 2.75) is 0 Å². The molecule has 2 N–H and O–H groups in total. The minimum Gasteiger partial charge on any atom is -0.872 e. The van der Waals surface area contributed by atoms with Gasteiger partial charge >= 0.3 is 5.97 Å². The Hall–Kier alpha value is -2.58. The number of hydrogen-bond donors (Lipinski definition) is 2. The Morgan fingerprint density at radius 2 is 2.17 bits per heavy atom. The second-order valence-electron chi connectivity index (χ2n) is 4.63. The van der Waals surface area contributed by atoms with Crippen molar-refractivity contribution in [1.82, 2.24) is 4.98 Å². The summed E-state index contributed by atoms with van der Waals surface area (Å²) < 4.78 is 0.287. The fraction of sp³-hybridized carbons (Fsp3) is 0. The molecule has 1 aliphatic heterocycles. The number of H-pyrrole nitrogens is 1. The monoisotopic (exact) mass is 345 g/mol. The summed E-state index contributed by atoms with van der Waals surface area (Å²) in [5.74, 6) is -2.33. The summed E-state index contributed by atoms with van der Waals surface area (Å²) in [6.07, 6.45) is 3.41. The van der Waals surface area contributed by atoms with Gasteiger partial charge in [0, 0.05) is 11.9 Å². The van der Waals surface area contributed by atoms with E-state index in [1.807, 2.05) is 6.07 Å². The molecule has 2 aromatic rings. The lowest BCUT2D eigenvalue weighted by Gasteiger charge is -2.18. The number of thioether (sulfide) groups is 1. The van der Waals surface area contributed by atoms with Crippen molar-refractivity contribution in [3.8, 4) is 5.75 Å². The zero-order valence-corrected chi connectivity index (χ0v) is 13.1. The van der Waals surface area contributed by atoms with Gasteiger partial charge in [0.25, 0.3) is 5.91 Å². The van der Waals surface area contributed by atoms with Crippen LogP contribution in [0, 0.1) is 0 Å². The van der Waals surface area contributed by atoms with E-state index < -0.39 is 11.7 Å². The highest BCUT2D eigenvalue weighted by Crippen LogP contribution is 2.37. The molecule has 116 valence electrons. The molecule has 1 saturated heterocycles. The quantitative estimate of drug-likeness (QED) is 0.654. The van der Waals surface area contributed by atoms with Gasteiger partial charge in [0.05, 0.1) is 16.2 Å². The number of aromatic carboxylic acids is 1. The van der Waals surface area contributed by atoms with Gasteiger partial charge in [0.2, 0.25) is 0 Å². The van der Waals surface area contributed by atoms with Gasteiger partial charge in [-0.25, -0.2) is 4.79 Å². The van der Waals surface area contributed by atoms with Crippen LogP contribution in [-0.4, -0.2) is 26.3 Å². The van der Waals surface area contributed by atoms with Crippen molar-refractivity contribution in [3.63, 3.8) is 0 Å². The Labute approximate surface area is 140 Å². The number of rotatable bonds is 3. The summed E-state index contributed by atoms with van der Waals surface area (Å²) in [7, 11) is 0. The molecule has 1 aromatic heterocycles. The summed E-state index contributed by atoms with van der Waals surface area (Å²) >= 11 is 6.32. The number of carbonyl (C=O) groups excluding carboxylic acids is 1. The van der Waals surface area contributed by atoms with E-state index in [-0.39, 0.29) is 21.5 Å². The molecule has 1 amide bonds. The average molecular weight is 345 g/mol. The van der Waals surface area contributed by atoms with E-state index in [9.17, 15) is 14.7 Å². The van der Waals surface area contributed by atoms with Gasteiger partial charge in [-0.15, -0.1) is 0 Å². The molecule has 1 aliphatic rings. The number of aromatic amines is 1. The SMILES string of the molecule is O=C(O)c1ccc(N2C(=O)/C(=C/c3ccc[nH]3)SC2=S)cc1[O-]. The van der Waals surface area contributed by atoms with Crippen molar-refractivity contribution >= 4 is 51.9 Å². The van der Waals surface area contributed by atoms with E-state index in [4.69, 9.17) is 17.3 Å². The first kappa shape index (κ1) is 15.3. The minimum absolute atomic E-state index is 0.261. The third-order valence-corrected chi connectivity index (χ3v) is 4.46. The van der Waals surface area contributed by atoms with Gasteiger partial charge in [-0.1, -0.05) is 29.7 Å². The van der Waals surface area contributed by atoms with Crippen molar-refractivity contribution < 1.29 is 19.8 Å². The summed E-state index contributed by atoms with van der Waals surface area (Å²) in [5, 5.41) is 20.7. The van der Waals surface area contributed by atoms with E-state index in [2.05, 4.69) is 4.98 Å². The number of benzene rings is 1. The van der Waals surface area contributed by atoms with E-state index in [0.29, 0.717) is 4.91 Å². The van der Waals surface area contributed by atoms with Gasteiger partial charge < -0.3 is 15.2 Å². The third kappa shape index (κ3) is 2.86. The number of carboxylic acids is 1. The molecule has 1 aromatic carbocycles. The predicted octanol–water partition coefficient (Wildman–Crippen LogP) is 2.19. The van der Waals surface area contributed by atoms with Crippen LogP contribution in [0.1, 0.15) is 16.1 Å². The van der Waals surface area contributed by atoms with Crippen LogP contribution in [-0.2, 0) is 4.79 Å². The Kier molecular flexibility index (Phi) is 3.93. The smallest absolute Gasteiger partial charge is 0.335 e. The molecule has 0 saturated carbocycles. The number of carboxylic acid groups (broad SMARTS) is 1. The van der Waals surface area contributed by atoms with Crippen LogP contribution in [0.25, 0.3) is 6.08 Å². The highest BCUT2D eigenvalue weighted by Gasteiger charge is 2.33. The number of nitrogens with zero attached hydrogens (tertiary/aromatic N) is 1. The number of anilines is 1. The number of aromatic nitrogens is 1. The molecular weight excluding hydrogens is 336 g/mol. The van der Waals surface area contributed by atoms with Crippen molar-refractivity contribution in [2.24, 2.45) is 0 Å². The Morgan fingerprint density at radius 3 is 2.78 bits per heavy atom. The molecule has 0 radical (unpaired) electrons. The Morgan fingerprint density at radius 1 is 1.39 bits per heavy atom. The minimum atomic E-state index is -1.31. The third-order valence-electron chi connectivity index (χ3n) is 3.16. The van der Waals surface area contributed by atoms with E-state index in [0.717, 1.165) is 23.5 Å². The van der Waals surface area contributed by atoms with Gasteiger partial charge in [-0.3, -0.25) is 9.69 Å². The number of carbonyl (C=O) groups is 2. The van der Waals surface area contributed by atoms with Gasteiger partial charge in [-0.05, 0) is 36.4 Å². The molecule has 1 fully saturated rings. The van der Waals surface area contributed by atoms with Crippen LogP contribution in [0.2, 0.25) is 0 Å². The number of hydrogen-bond acceptors (Lipinski definition) is 5. The highest BCUT2D eigenvalue weighted by molar-refractivity contribution is 8.27. The first-order chi connectivity index (χ1) is 11.0. The van der Waals surface area contributed by atoms with E-state index >= 15 is 0 Å². The second-order valence-corrected chi connectivity index (χ2v) is 6.30. The molecular formula is C15H9N2O4S2-. The summed E-state index contributed by atoms with van der Waals surface area (Å²) in [4.78, 5) is 28.0. The first-order valence-electron chi connectivity index (χ1n) is 6.43. The molecule has 0 aliphatic carbocycles. The standard InChI is InChI=1S/C15H10N2O4S2/c18-11-7-9(3-4-10(11)14(20)21)17-13(19)12(23-15(17)22)6-8-2-1-5-16-8/h1-7,16,18H,(H,20,21)/p-1/b12-6-. The normalized spacial score (nSPS) is 16.3. The van der Waals surface area contributed by atoms with Gasteiger partial charge in [-0.2, -0.15) is 0 Å². The molecule has 6 nitrogen and oxygen atoms in total. The van der Waals surface area contributed by atoms with Crippen LogP contribution < -0.4 is 10.0 Å². The van der Waals surface area contributed by atoms with E-state index in [1.165, 1.54) is 17.0 Å². The van der Waals surface area contributed by atoms with Crippen LogP contribution in [0.4, 0.5) is 5.69 Å². The molecule has 0 unspecified atom stereocenters. The lowest BCUT2D eigenvalue weighted by Crippen LogP contribution is -2.27. The van der Waals surface area contributed by atoms with Crippen LogP contribution >= 0.6 is 24.0 Å². The average Bonchev–Trinajstić information content (AvgIpc) is 3.08. The van der Waals surface area contributed by atoms with E-state index in [1.54, 1.807) is 18.3 Å². The summed E-state index contributed by atoms with van der Waals surface area (Å²) in [5.41, 5.74) is 0.676. The molecule has 0 atom stereocenters. The number of nitrogens with one attached hydrogen (secondary N) is 1. The second kappa shape index (κ2) is 5.90. The van der Waals surface area contributed by atoms with Gasteiger partial charge in [0.1, 0.15) is 0 Å². The highest BCUT2D eigenvalue weighted by atomic mass is 32.2. The predicted molar refractivity (Wildman–Crippen MR) is 89.3 cm³/mol.